The number of ketones is 1. The maximum atomic E-state index is 13.6. The number of quaternary nitrogens is 1. The third kappa shape index (κ3) is 32.6. The molecule has 0 saturated carbocycles. The number of allylic oxidation sites excluding steroid dienone is 8. The lowest BCUT2D eigenvalue weighted by Gasteiger charge is -2.38. The average molecular weight is 723 g/mol. The van der Waals surface area contributed by atoms with Crippen molar-refractivity contribution >= 4 is 13.6 Å². The summed E-state index contributed by atoms with van der Waals surface area (Å²) in [5.41, 5.74) is -1.47. The number of hydrogen-bond acceptors (Lipinski definition) is 3. The monoisotopic (exact) mass is 723 g/mol. The second-order valence-corrected chi connectivity index (χ2v) is 16.6. The molecule has 0 aliphatic carbocycles. The number of hydrogen-bond donors (Lipinski definition) is 2. The Balaban J connectivity index is 4.53. The summed E-state index contributed by atoms with van der Waals surface area (Å²) in [5, 5.41) is 0. The summed E-state index contributed by atoms with van der Waals surface area (Å²) >= 11 is 0. The average Bonchev–Trinajstić information content (AvgIpc) is 3.04. The number of Topliss-reactive ketones (excluding diaryl/α,β-unsaturated/α-hetero) is 1. The number of unbranched alkanes of at least 4 members (excludes halogenated alkanes) is 19. The molecule has 0 amide bonds. The summed E-state index contributed by atoms with van der Waals surface area (Å²) in [6, 6.07) is 0. The molecule has 0 saturated heterocycles. The van der Waals surface area contributed by atoms with E-state index in [0.717, 1.165) is 44.9 Å². The quantitative estimate of drug-likeness (QED) is 0.0291. The van der Waals surface area contributed by atoms with Crippen LogP contribution in [0.3, 0.4) is 0 Å². The molecular formula is C43H81NO5P+. The molecule has 0 bridgehead atoms. The molecular weight excluding hydrogens is 641 g/mol. The van der Waals surface area contributed by atoms with Gasteiger partial charge in [-0.05, 0) is 57.8 Å². The van der Waals surface area contributed by atoms with Crippen molar-refractivity contribution in [3.8, 4) is 0 Å². The summed E-state index contributed by atoms with van der Waals surface area (Å²) in [6.45, 7) is 4.74. The fourth-order valence-electron chi connectivity index (χ4n) is 6.55. The van der Waals surface area contributed by atoms with Gasteiger partial charge in [0.05, 0.1) is 21.1 Å². The van der Waals surface area contributed by atoms with Gasteiger partial charge in [0.25, 0.3) is 0 Å². The molecule has 0 radical (unpaired) electrons. The van der Waals surface area contributed by atoms with E-state index in [2.05, 4.69) is 62.5 Å². The largest absolute Gasteiger partial charge is 0.470 e. The summed E-state index contributed by atoms with van der Waals surface area (Å²) in [6.07, 6.45) is 47.4. The molecule has 0 aliphatic rings. The molecule has 7 heteroatoms. The fraction of sp³-hybridized carbons (Fsp3) is 0.791. The highest BCUT2D eigenvalue weighted by molar-refractivity contribution is 7.46. The van der Waals surface area contributed by atoms with Crippen LogP contribution in [0.2, 0.25) is 0 Å². The zero-order valence-electron chi connectivity index (χ0n) is 33.4. The summed E-state index contributed by atoms with van der Waals surface area (Å²) in [7, 11) is 0.969. The van der Waals surface area contributed by atoms with Crippen molar-refractivity contribution in [1.82, 2.24) is 0 Å². The van der Waals surface area contributed by atoms with Crippen molar-refractivity contribution < 1.29 is 28.2 Å². The van der Waals surface area contributed by atoms with E-state index in [1.807, 2.05) is 21.1 Å². The molecule has 1 unspecified atom stereocenters. The first kappa shape index (κ1) is 48.7. The standard InChI is InChI=1S/C43H80NO5P/c1-6-8-10-12-14-16-18-20-22-24-25-27-29-31-33-35-37-39-42(45)43(41-44(3,4)5,49-50(46,47)48)40-38-36-34-32-30-28-26-23-21-19-17-15-13-11-9-7-2/h14,16,20,22,25,27,31,33H,6-13,15,17-19,21,23-24,26,28-30,32,34-41H2,1-5H3,(H-,46,47,48)/p+1. The van der Waals surface area contributed by atoms with Gasteiger partial charge in [-0.15, -0.1) is 0 Å². The highest BCUT2D eigenvalue weighted by atomic mass is 31.2. The number of phosphoric acid groups is 1. The first-order chi connectivity index (χ1) is 24.0. The lowest BCUT2D eigenvalue weighted by molar-refractivity contribution is -0.875. The molecule has 0 aromatic rings. The Morgan fingerprint density at radius 3 is 1.32 bits per heavy atom. The minimum atomic E-state index is -4.86. The van der Waals surface area contributed by atoms with E-state index in [0.29, 0.717) is 17.3 Å². The number of nitrogens with zero attached hydrogens (tertiary/aromatic N) is 1. The van der Waals surface area contributed by atoms with E-state index in [9.17, 15) is 19.1 Å². The summed E-state index contributed by atoms with van der Waals surface area (Å²) in [5.74, 6) is -0.189. The van der Waals surface area contributed by atoms with Crippen molar-refractivity contribution in [3.05, 3.63) is 48.6 Å². The predicted molar refractivity (Wildman–Crippen MR) is 216 cm³/mol. The van der Waals surface area contributed by atoms with Crippen LogP contribution in [0.1, 0.15) is 187 Å². The summed E-state index contributed by atoms with van der Waals surface area (Å²) in [4.78, 5) is 33.4. The maximum Gasteiger partial charge on any atom is 0.470 e. The Hall–Kier alpha value is -1.30. The van der Waals surface area contributed by atoms with Gasteiger partial charge < -0.3 is 14.3 Å². The molecule has 0 fully saturated rings. The van der Waals surface area contributed by atoms with E-state index < -0.39 is 13.4 Å². The van der Waals surface area contributed by atoms with Crippen molar-refractivity contribution in [2.45, 2.75) is 193 Å². The second kappa shape index (κ2) is 32.4. The van der Waals surface area contributed by atoms with E-state index in [1.54, 1.807) is 0 Å². The van der Waals surface area contributed by atoms with E-state index in [-0.39, 0.29) is 18.7 Å². The second-order valence-electron chi connectivity index (χ2n) is 15.5. The van der Waals surface area contributed by atoms with Crippen molar-refractivity contribution in [3.63, 3.8) is 0 Å². The highest BCUT2D eigenvalue weighted by Crippen LogP contribution is 2.45. The Morgan fingerprint density at radius 2 is 0.920 bits per heavy atom. The number of rotatable bonds is 36. The molecule has 0 aromatic heterocycles. The normalized spacial score (nSPS) is 14.2. The minimum absolute atomic E-state index is 0.189. The number of phosphoric ester groups is 1. The van der Waals surface area contributed by atoms with E-state index in [1.165, 1.54) is 109 Å². The lowest BCUT2D eigenvalue weighted by atomic mass is 9.87. The molecule has 0 heterocycles. The molecule has 2 N–H and O–H groups in total. The zero-order valence-corrected chi connectivity index (χ0v) is 34.3. The van der Waals surface area contributed by atoms with Crippen molar-refractivity contribution in [2.24, 2.45) is 0 Å². The SMILES string of the molecule is CCCCCC=CCC=CCC=CCC=CCCCC(=O)C(CCCCCCCCCCCCCCCCCC)(C[N+](C)(C)C)OP(=O)(O)O. The predicted octanol–water partition coefficient (Wildman–Crippen LogP) is 12.9. The molecule has 0 rings (SSSR count). The van der Waals surface area contributed by atoms with E-state index in [4.69, 9.17) is 4.52 Å². The minimum Gasteiger partial charge on any atom is -0.328 e. The van der Waals surface area contributed by atoms with Gasteiger partial charge in [-0.3, -0.25) is 9.32 Å². The van der Waals surface area contributed by atoms with Crippen molar-refractivity contribution in [1.29, 1.82) is 0 Å². The van der Waals surface area contributed by atoms with Crippen LogP contribution < -0.4 is 0 Å². The van der Waals surface area contributed by atoms with Gasteiger partial charge in [-0.1, -0.05) is 172 Å². The number of carbonyl (C=O) groups is 1. The zero-order chi connectivity index (χ0) is 37.2. The van der Waals surface area contributed by atoms with Crippen LogP contribution in [0.5, 0.6) is 0 Å². The topological polar surface area (TPSA) is 83.8 Å². The summed E-state index contributed by atoms with van der Waals surface area (Å²) < 4.78 is 18.0. The van der Waals surface area contributed by atoms with Gasteiger partial charge in [-0.25, -0.2) is 4.57 Å². The van der Waals surface area contributed by atoms with Gasteiger partial charge in [0.2, 0.25) is 0 Å². The highest BCUT2D eigenvalue weighted by Gasteiger charge is 2.47. The Morgan fingerprint density at radius 1 is 0.560 bits per heavy atom. The molecule has 1 atom stereocenters. The van der Waals surface area contributed by atoms with Gasteiger partial charge in [-0.2, -0.15) is 0 Å². The van der Waals surface area contributed by atoms with Crippen molar-refractivity contribution in [2.75, 3.05) is 27.7 Å². The maximum absolute atomic E-state index is 13.6. The number of carbonyl (C=O) groups excluding carboxylic acids is 1. The molecule has 0 spiro atoms. The van der Waals surface area contributed by atoms with Crippen LogP contribution in [0.15, 0.2) is 48.6 Å². The molecule has 0 aromatic carbocycles. The molecule has 50 heavy (non-hydrogen) atoms. The molecule has 292 valence electrons. The van der Waals surface area contributed by atoms with Gasteiger partial charge in [0.15, 0.2) is 11.4 Å². The smallest absolute Gasteiger partial charge is 0.328 e. The van der Waals surface area contributed by atoms with Gasteiger partial charge in [0.1, 0.15) is 6.54 Å². The van der Waals surface area contributed by atoms with E-state index >= 15 is 0 Å². The third-order valence-corrected chi connectivity index (χ3v) is 9.79. The first-order valence-electron chi connectivity index (χ1n) is 20.7. The lowest BCUT2D eigenvalue weighted by Crippen LogP contribution is -2.55. The number of likely N-dealkylation sites (N-methyl/N-ethyl adjacent to an activating group) is 1. The molecule has 6 nitrogen and oxygen atoms in total. The Bertz CT molecular complexity index is 961. The fourth-order valence-corrected chi connectivity index (χ4v) is 7.26. The van der Waals surface area contributed by atoms with Crippen LogP contribution in [0, 0.1) is 0 Å². The first-order valence-corrected chi connectivity index (χ1v) is 22.2. The van der Waals surface area contributed by atoms with Crippen LogP contribution in [0.4, 0.5) is 0 Å². The van der Waals surface area contributed by atoms with Crippen LogP contribution in [0.25, 0.3) is 0 Å². The van der Waals surface area contributed by atoms with Crippen LogP contribution in [-0.2, 0) is 13.9 Å². The molecule has 0 aliphatic heterocycles. The Labute approximate surface area is 310 Å². The van der Waals surface area contributed by atoms with Gasteiger partial charge in [0, 0.05) is 6.42 Å². The Kier molecular flexibility index (Phi) is 31.5. The van der Waals surface area contributed by atoms with Gasteiger partial charge >= 0.3 is 7.82 Å². The third-order valence-electron chi connectivity index (χ3n) is 9.20. The van der Waals surface area contributed by atoms with Crippen LogP contribution >= 0.6 is 7.82 Å². The van der Waals surface area contributed by atoms with Crippen LogP contribution in [-0.4, -0.2) is 53.3 Å².